The maximum Gasteiger partial charge on any atom is 0.534 e. The number of carbonyl (C=O) groups is 2. The second kappa shape index (κ2) is 9.26. The molecule has 0 heterocycles. The van der Waals surface area contributed by atoms with Gasteiger partial charge in [0.25, 0.3) is 0 Å². The number of hydrogen-bond donors (Lipinski definition) is 0. The fraction of sp³-hybridized carbons (Fsp3) is 0.429. The average molecular weight is 494 g/mol. The summed E-state index contributed by atoms with van der Waals surface area (Å²) >= 11 is 0. The van der Waals surface area contributed by atoms with Gasteiger partial charge in [-0.1, -0.05) is 6.07 Å². The van der Waals surface area contributed by atoms with Crippen molar-refractivity contribution in [1.29, 1.82) is 0 Å². The fourth-order valence-corrected chi connectivity index (χ4v) is 3.51. The van der Waals surface area contributed by atoms with E-state index in [1.54, 1.807) is 20.8 Å². The Morgan fingerprint density at radius 2 is 1.76 bits per heavy atom. The summed E-state index contributed by atoms with van der Waals surface area (Å²) in [5, 5.41) is -0.413. The highest BCUT2D eigenvalue weighted by molar-refractivity contribution is 7.88. The molecular weight excluding hydrogens is 472 g/mol. The molecule has 0 aromatic heterocycles. The van der Waals surface area contributed by atoms with E-state index in [0.717, 1.165) is 6.07 Å². The van der Waals surface area contributed by atoms with Crippen molar-refractivity contribution < 1.29 is 49.2 Å². The van der Waals surface area contributed by atoms with E-state index < -0.39 is 55.8 Å². The molecule has 0 saturated heterocycles. The van der Waals surface area contributed by atoms with Gasteiger partial charge < -0.3 is 13.7 Å². The molecule has 33 heavy (non-hydrogen) atoms. The molecular formula is C21H22F4O7S. The van der Waals surface area contributed by atoms with Gasteiger partial charge in [0.1, 0.15) is 5.82 Å². The quantitative estimate of drug-likeness (QED) is 0.180. The van der Waals surface area contributed by atoms with Crippen LogP contribution in [0.3, 0.4) is 0 Å². The molecule has 0 fully saturated rings. The van der Waals surface area contributed by atoms with Gasteiger partial charge in [-0.25, -0.2) is 9.18 Å². The summed E-state index contributed by atoms with van der Waals surface area (Å²) in [4.78, 5) is 23.8. The van der Waals surface area contributed by atoms with Crippen molar-refractivity contribution in [3.05, 3.63) is 40.7 Å². The van der Waals surface area contributed by atoms with Crippen LogP contribution in [0.25, 0.3) is 10.8 Å². The third kappa shape index (κ3) is 5.80. The Morgan fingerprint density at radius 1 is 1.15 bits per heavy atom. The Bertz CT molecular complexity index is 1180. The molecule has 0 radical (unpaired) electrons. The number of aryl methyl sites for hydroxylation is 1. The van der Waals surface area contributed by atoms with Crippen LogP contribution < -0.4 is 4.18 Å². The molecule has 2 aromatic rings. The van der Waals surface area contributed by atoms with Crippen molar-refractivity contribution in [2.45, 2.75) is 51.8 Å². The molecule has 182 valence electrons. The first kappa shape index (κ1) is 26.5. The number of benzene rings is 2. The zero-order chi connectivity index (χ0) is 25.4. The molecule has 0 bridgehead atoms. The van der Waals surface area contributed by atoms with E-state index >= 15 is 0 Å². The maximum atomic E-state index is 14.4. The number of hydrogen-bond acceptors (Lipinski definition) is 7. The van der Waals surface area contributed by atoms with Crippen molar-refractivity contribution in [2.75, 3.05) is 6.61 Å². The number of rotatable bonds is 7. The Kier molecular flexibility index (Phi) is 7.44. The molecule has 0 spiro atoms. The second-order valence-corrected chi connectivity index (χ2v) is 9.53. The van der Waals surface area contributed by atoms with Gasteiger partial charge in [0.15, 0.2) is 18.1 Å². The molecule has 0 aliphatic rings. The van der Waals surface area contributed by atoms with Crippen molar-refractivity contribution in [2.24, 2.45) is 0 Å². The van der Waals surface area contributed by atoms with Crippen LogP contribution in [-0.4, -0.2) is 38.4 Å². The molecule has 12 heteroatoms. The lowest BCUT2D eigenvalue weighted by Crippen LogP contribution is -2.31. The summed E-state index contributed by atoms with van der Waals surface area (Å²) in [6, 6.07) is 3.01. The van der Waals surface area contributed by atoms with Gasteiger partial charge in [-0.05, 0) is 57.7 Å². The zero-order valence-corrected chi connectivity index (χ0v) is 19.2. The van der Waals surface area contributed by atoms with Gasteiger partial charge in [-0.3, -0.25) is 4.79 Å². The monoisotopic (exact) mass is 494 g/mol. The van der Waals surface area contributed by atoms with Crippen molar-refractivity contribution >= 4 is 33.1 Å². The predicted molar refractivity (Wildman–Crippen MR) is 110 cm³/mol. The van der Waals surface area contributed by atoms with E-state index in [1.165, 1.54) is 19.9 Å². The van der Waals surface area contributed by atoms with Crippen molar-refractivity contribution in [3.8, 4) is 5.75 Å². The smallest absolute Gasteiger partial charge is 0.464 e. The number of alkyl halides is 3. The van der Waals surface area contributed by atoms with Gasteiger partial charge in [0, 0.05) is 10.9 Å². The number of halogens is 4. The first-order valence-electron chi connectivity index (χ1n) is 9.59. The largest absolute Gasteiger partial charge is 0.534 e. The highest BCUT2D eigenvalue weighted by atomic mass is 32.2. The number of fused-ring (bicyclic) bond motifs is 1. The van der Waals surface area contributed by atoms with E-state index in [1.807, 2.05) is 0 Å². The third-order valence-electron chi connectivity index (χ3n) is 4.29. The number of ether oxygens (including phenoxy) is 2. The SMILES string of the molecule is CCOC(=O)[C@@H](OC(C)(C)C)c1c(C)cc2cc(C=O)c(F)cc2c1OS(=O)(=O)C(F)(F)F. The number of aldehydes is 1. The summed E-state index contributed by atoms with van der Waals surface area (Å²) in [6.07, 6.45) is -1.52. The summed E-state index contributed by atoms with van der Waals surface area (Å²) in [5.74, 6) is -3.11. The topological polar surface area (TPSA) is 96.0 Å². The normalized spacial score (nSPS) is 13.6. The minimum Gasteiger partial charge on any atom is -0.464 e. The van der Waals surface area contributed by atoms with Crippen molar-refractivity contribution in [3.63, 3.8) is 0 Å². The summed E-state index contributed by atoms with van der Waals surface area (Å²) in [5.41, 5.74) is -7.56. The first-order chi connectivity index (χ1) is 15.0. The Balaban J connectivity index is 2.98. The number of carbonyl (C=O) groups excluding carboxylic acids is 2. The van der Waals surface area contributed by atoms with E-state index in [0.29, 0.717) is 6.07 Å². The molecule has 0 amide bonds. The summed E-state index contributed by atoms with van der Waals surface area (Å²) in [7, 11) is -6.22. The van der Waals surface area contributed by atoms with E-state index in [2.05, 4.69) is 4.18 Å². The maximum absolute atomic E-state index is 14.4. The van der Waals surface area contributed by atoms with Crippen LogP contribution in [-0.2, 0) is 24.4 Å². The molecule has 0 aliphatic heterocycles. The standard InChI is InChI=1S/C21H22F4O7S/c1-6-30-19(27)18(31-20(3,4)5)16-11(2)7-12-8-13(10-26)15(22)9-14(12)17(16)32-33(28,29)21(23,24)25/h7-10,18H,6H2,1-5H3/t18-/m0/s1. The number of esters is 1. The van der Waals surface area contributed by atoms with Gasteiger partial charge in [0.05, 0.1) is 17.8 Å². The van der Waals surface area contributed by atoms with Crippen LogP contribution in [0, 0.1) is 12.7 Å². The molecule has 0 unspecified atom stereocenters. The van der Waals surface area contributed by atoms with Crippen molar-refractivity contribution in [1.82, 2.24) is 0 Å². The molecule has 7 nitrogen and oxygen atoms in total. The molecule has 1 atom stereocenters. The average Bonchev–Trinajstić information content (AvgIpc) is 2.65. The predicted octanol–water partition coefficient (Wildman–Crippen LogP) is 4.75. The molecule has 0 saturated carbocycles. The third-order valence-corrected chi connectivity index (χ3v) is 5.25. The first-order valence-corrected chi connectivity index (χ1v) is 11.0. The second-order valence-electron chi connectivity index (χ2n) is 7.99. The summed E-state index contributed by atoms with van der Waals surface area (Å²) < 4.78 is 92.7. The van der Waals surface area contributed by atoms with Crippen LogP contribution >= 0.6 is 0 Å². The Labute approximate surface area is 187 Å². The van der Waals surface area contributed by atoms with Gasteiger partial charge in [-0.15, -0.1) is 0 Å². The minimum atomic E-state index is -6.22. The highest BCUT2D eigenvalue weighted by Crippen LogP contribution is 2.42. The van der Waals surface area contributed by atoms with E-state index in [9.17, 15) is 35.6 Å². The fourth-order valence-electron chi connectivity index (χ4n) is 3.02. The summed E-state index contributed by atoms with van der Waals surface area (Å²) in [6.45, 7) is 7.41. The lowest BCUT2D eigenvalue weighted by molar-refractivity contribution is -0.167. The van der Waals surface area contributed by atoms with Crippen LogP contribution in [0.2, 0.25) is 0 Å². The molecule has 2 rings (SSSR count). The van der Waals surface area contributed by atoms with Crippen LogP contribution in [0.1, 0.15) is 55.3 Å². The van der Waals surface area contributed by atoms with E-state index in [-0.39, 0.29) is 29.4 Å². The van der Waals surface area contributed by atoms with Crippen LogP contribution in [0.5, 0.6) is 5.75 Å². The van der Waals surface area contributed by atoms with E-state index in [4.69, 9.17) is 9.47 Å². The van der Waals surface area contributed by atoms with Gasteiger partial charge >= 0.3 is 21.6 Å². The lowest BCUT2D eigenvalue weighted by atomic mass is 9.94. The molecule has 2 aromatic carbocycles. The highest BCUT2D eigenvalue weighted by Gasteiger charge is 2.49. The minimum absolute atomic E-state index is 0.00509. The van der Waals surface area contributed by atoms with Gasteiger partial charge in [0.2, 0.25) is 0 Å². The Hall–Kier alpha value is -2.73. The molecule has 0 aliphatic carbocycles. The lowest BCUT2D eigenvalue weighted by Gasteiger charge is -2.29. The van der Waals surface area contributed by atoms with Gasteiger partial charge in [-0.2, -0.15) is 21.6 Å². The molecule has 0 N–H and O–H groups in total. The zero-order valence-electron chi connectivity index (χ0n) is 18.4. The Morgan fingerprint density at radius 3 is 2.24 bits per heavy atom. The van der Waals surface area contributed by atoms with Crippen LogP contribution in [0.15, 0.2) is 18.2 Å². The van der Waals surface area contributed by atoms with Crippen LogP contribution in [0.4, 0.5) is 17.6 Å².